The summed E-state index contributed by atoms with van der Waals surface area (Å²) in [6, 6.07) is 24.6. The molecule has 2 saturated heterocycles. The minimum Gasteiger partial charge on any atom is -0.397 e. The average molecular weight is 1090 g/mol. The molecule has 2 aliphatic heterocycles. The zero-order valence-corrected chi connectivity index (χ0v) is 44.5. The van der Waals surface area contributed by atoms with Crippen LogP contribution in [0.1, 0.15) is 130 Å². The molecule has 0 saturated carbocycles. The number of nitrogen functional groups attached to an aromatic ring is 1. The number of halogens is 8. The zero-order valence-electron chi connectivity index (χ0n) is 41.4. The number of carbonyl (C=O) groups excluding carboxylic acids is 2. The largest absolute Gasteiger partial charge is 0.416 e. The number of rotatable bonds is 8. The Hall–Kier alpha value is -4.73. The molecule has 4 aromatic rings. The van der Waals surface area contributed by atoms with Crippen molar-refractivity contribution >= 4 is 86.1 Å². The van der Waals surface area contributed by atoms with Crippen molar-refractivity contribution in [3.05, 3.63) is 119 Å². The van der Waals surface area contributed by atoms with E-state index in [-0.39, 0.29) is 26.9 Å². The number of nitrogens with zero attached hydrogens (tertiary/aromatic N) is 4. The van der Waals surface area contributed by atoms with Gasteiger partial charge in [-0.3, -0.25) is 14.9 Å². The standard InChI is InChI=1S/C23H26F3N3OS.C15H21F3N2.C8H5NOS.C6H15N.CH2Cl2/c24-23(25,26)18-12-13-20(29-14-8-3-1-2-4-9-15-29)19(16-18)27-22(31)28-21(30)17-10-6-5-7-11-17;16-15(17,18)12-7-8-14(13(19)11-12)20-9-5-3-1-2-4-6-10-20;9-6-11-8(10)7-4-2-1-3-5-7;1-4-7(5-2)6-3;2-1-3/h5-7,10-13,16H,1-4,8-9,14-15H2,(H2,27,28,30,31);7-8,11H,1-6,9-10,19H2;1-5H;4-6H2,1-3H3;1H2. The normalized spacial score (nSPS) is 14.3. The van der Waals surface area contributed by atoms with Gasteiger partial charge in [0.25, 0.3) is 5.91 Å². The van der Waals surface area contributed by atoms with Crippen LogP contribution in [-0.4, -0.2) is 72.2 Å². The van der Waals surface area contributed by atoms with E-state index in [0.29, 0.717) is 28.6 Å². The Kier molecular flexibility index (Phi) is 31.2. The predicted octanol–water partition coefficient (Wildman–Crippen LogP) is 15.3. The van der Waals surface area contributed by atoms with Crippen LogP contribution in [0.2, 0.25) is 0 Å². The summed E-state index contributed by atoms with van der Waals surface area (Å²) in [5.74, 6) is -0.422. The Morgan fingerprint density at radius 3 is 1.43 bits per heavy atom. The lowest BCUT2D eigenvalue weighted by atomic mass is 10.1. The van der Waals surface area contributed by atoms with Gasteiger partial charge in [0.2, 0.25) is 5.12 Å². The minimum absolute atomic E-state index is 0.0429. The number of benzene rings is 4. The van der Waals surface area contributed by atoms with E-state index in [4.69, 9.17) is 46.4 Å². The minimum atomic E-state index is -4.47. The number of thioether (sulfide) groups is 1. The molecule has 1 amide bonds. The van der Waals surface area contributed by atoms with Crippen LogP contribution in [0.5, 0.6) is 0 Å². The molecule has 0 bridgehead atoms. The number of hydrogen-bond donors (Lipinski definition) is 3. The van der Waals surface area contributed by atoms with Gasteiger partial charge in [0.05, 0.1) is 39.2 Å². The number of nitriles is 1. The molecule has 0 spiro atoms. The molecular weight excluding hydrogens is 1020 g/mol. The molecule has 396 valence electrons. The molecule has 2 fully saturated rings. The predicted molar refractivity (Wildman–Crippen MR) is 291 cm³/mol. The van der Waals surface area contributed by atoms with Crippen molar-refractivity contribution < 1.29 is 35.9 Å². The molecule has 0 atom stereocenters. The summed E-state index contributed by atoms with van der Waals surface area (Å²) >= 11 is 15.4. The molecule has 19 heteroatoms. The fraction of sp³-hybridized carbons (Fsp3) is 0.472. The van der Waals surface area contributed by atoms with E-state index in [9.17, 15) is 35.9 Å². The smallest absolute Gasteiger partial charge is 0.397 e. The third-order valence-corrected chi connectivity index (χ3v) is 12.3. The third kappa shape index (κ3) is 24.8. The zero-order chi connectivity index (χ0) is 53.4. The summed E-state index contributed by atoms with van der Waals surface area (Å²) < 4.78 is 78.0. The molecule has 2 heterocycles. The van der Waals surface area contributed by atoms with Crippen molar-refractivity contribution in [3.63, 3.8) is 0 Å². The first-order chi connectivity index (χ1) is 34.4. The summed E-state index contributed by atoms with van der Waals surface area (Å²) in [5.41, 5.74) is 7.24. The highest BCUT2D eigenvalue weighted by atomic mass is 35.5. The number of nitrogens with two attached hydrogens (primary N) is 1. The lowest BCUT2D eigenvalue weighted by molar-refractivity contribution is -0.138. The molecule has 4 N–H and O–H groups in total. The summed E-state index contributed by atoms with van der Waals surface area (Å²) in [7, 11) is 0. The van der Waals surface area contributed by atoms with Gasteiger partial charge in [-0.25, -0.2) is 0 Å². The maximum atomic E-state index is 13.3. The molecule has 9 nitrogen and oxygen atoms in total. The van der Waals surface area contributed by atoms with Crippen LogP contribution in [0.4, 0.5) is 49.1 Å². The second-order valence-corrected chi connectivity index (χ2v) is 18.5. The number of alkyl halides is 8. The van der Waals surface area contributed by atoms with Gasteiger partial charge in [-0.1, -0.05) is 121 Å². The van der Waals surface area contributed by atoms with Crippen molar-refractivity contribution in [2.75, 3.05) is 72.0 Å². The molecule has 2 aliphatic rings. The maximum Gasteiger partial charge on any atom is 0.416 e. The molecule has 72 heavy (non-hydrogen) atoms. The van der Waals surface area contributed by atoms with E-state index in [1.165, 1.54) is 70.3 Å². The highest BCUT2D eigenvalue weighted by molar-refractivity contribution is 8.18. The van der Waals surface area contributed by atoms with Crippen LogP contribution in [0, 0.1) is 10.7 Å². The number of thiocyanates is 1. The monoisotopic (exact) mass is 1080 g/mol. The van der Waals surface area contributed by atoms with Gasteiger partial charge in [0.1, 0.15) is 5.40 Å². The molecule has 0 unspecified atom stereocenters. The van der Waals surface area contributed by atoms with Gasteiger partial charge in [-0.2, -0.15) is 31.6 Å². The second-order valence-electron chi connectivity index (χ2n) is 16.6. The van der Waals surface area contributed by atoms with Crippen molar-refractivity contribution in [1.82, 2.24) is 10.2 Å². The van der Waals surface area contributed by atoms with Crippen LogP contribution in [0.15, 0.2) is 97.1 Å². The Bertz CT molecular complexity index is 2190. The molecule has 0 aromatic heterocycles. The summed E-state index contributed by atoms with van der Waals surface area (Å²) in [6.45, 7) is 13.4. The summed E-state index contributed by atoms with van der Waals surface area (Å²) in [6.07, 6.45) is 4.71. The molecule has 6 rings (SSSR count). The van der Waals surface area contributed by atoms with Gasteiger partial charge in [0, 0.05) is 49.1 Å². The van der Waals surface area contributed by atoms with Gasteiger partial charge in [-0.15, -0.1) is 23.2 Å². The van der Waals surface area contributed by atoms with Crippen molar-refractivity contribution in [1.29, 1.82) is 5.26 Å². The lowest BCUT2D eigenvalue weighted by Crippen LogP contribution is -2.35. The van der Waals surface area contributed by atoms with Crippen LogP contribution >= 0.6 is 47.2 Å². The first-order valence-electron chi connectivity index (χ1n) is 24.3. The molecule has 0 aliphatic carbocycles. The van der Waals surface area contributed by atoms with Crippen molar-refractivity contribution in [2.45, 2.75) is 110 Å². The fourth-order valence-corrected chi connectivity index (χ4v) is 8.24. The summed E-state index contributed by atoms with van der Waals surface area (Å²) in [5, 5.41) is 15.3. The first-order valence-corrected chi connectivity index (χ1v) is 26.6. The van der Waals surface area contributed by atoms with Gasteiger partial charge in [-0.05, 0) is 106 Å². The maximum absolute atomic E-state index is 13.3. The van der Waals surface area contributed by atoms with E-state index in [1.54, 1.807) is 60.0 Å². The van der Waals surface area contributed by atoms with E-state index in [2.05, 4.69) is 46.1 Å². The SMILES string of the molecule is CCN(CC)CC.ClCCl.N#CSC(=O)c1ccccc1.Nc1cc(C(F)(F)F)ccc1N1CCCCCCCC1.O=C(NC(=S)Nc1cc(C(F)(F)F)ccc1N1CCCCCCCC1)c1ccccc1. The van der Waals surface area contributed by atoms with E-state index in [1.807, 2.05) is 6.07 Å². The van der Waals surface area contributed by atoms with Gasteiger partial charge < -0.3 is 25.8 Å². The fourth-order valence-electron chi connectivity index (χ4n) is 7.70. The number of carbonyl (C=O) groups is 2. The highest BCUT2D eigenvalue weighted by Gasteiger charge is 2.32. The quantitative estimate of drug-likeness (QED) is 0.0518. The number of nitrogens with one attached hydrogen (secondary N) is 2. The first kappa shape index (κ1) is 63.4. The van der Waals surface area contributed by atoms with E-state index in [0.717, 1.165) is 94.7 Å². The topological polar surface area (TPSA) is 118 Å². The summed E-state index contributed by atoms with van der Waals surface area (Å²) in [4.78, 5) is 29.9. The van der Waals surface area contributed by atoms with E-state index >= 15 is 0 Å². The van der Waals surface area contributed by atoms with Crippen molar-refractivity contribution in [3.8, 4) is 5.40 Å². The number of thiocarbonyl (C=S) groups is 1. The average Bonchev–Trinajstić information content (AvgIpc) is 3.60. The van der Waals surface area contributed by atoms with Crippen LogP contribution in [0.25, 0.3) is 0 Å². The van der Waals surface area contributed by atoms with Crippen molar-refractivity contribution in [2.24, 2.45) is 0 Å². The third-order valence-electron chi connectivity index (χ3n) is 11.6. The Morgan fingerprint density at radius 2 is 1.04 bits per heavy atom. The number of hydrogen-bond acceptors (Lipinski definition) is 9. The second kappa shape index (κ2) is 35.4. The van der Waals surface area contributed by atoms with Gasteiger partial charge in [0.15, 0.2) is 5.11 Å². The number of anilines is 4. The molecular formula is C53H69Cl2F6N7O2S2. The lowest BCUT2D eigenvalue weighted by Gasteiger charge is -2.28. The molecule has 4 aromatic carbocycles. The van der Waals surface area contributed by atoms with Crippen LogP contribution in [-0.2, 0) is 12.4 Å². The van der Waals surface area contributed by atoms with E-state index < -0.39 is 29.4 Å². The Labute approximate surface area is 442 Å². The van der Waals surface area contributed by atoms with Crippen LogP contribution in [0.3, 0.4) is 0 Å². The van der Waals surface area contributed by atoms with Gasteiger partial charge >= 0.3 is 12.4 Å². The Balaban J connectivity index is 0.000000368. The highest BCUT2D eigenvalue weighted by Crippen LogP contribution is 2.37. The van der Waals surface area contributed by atoms with Crippen LogP contribution < -0.4 is 26.2 Å². The molecule has 0 radical (unpaired) electrons. The number of amides is 1. The Morgan fingerprint density at radius 1 is 0.653 bits per heavy atom.